The number of nitrogens with zero attached hydrogens (tertiary/aromatic N) is 2. The van der Waals surface area contributed by atoms with Gasteiger partial charge in [-0.15, -0.1) is 0 Å². The number of aliphatic hydroxyl groups excluding tert-OH is 1. The highest BCUT2D eigenvalue weighted by atomic mass is 16.5. The highest BCUT2D eigenvalue weighted by molar-refractivity contribution is 5.45. The van der Waals surface area contributed by atoms with Crippen molar-refractivity contribution in [3.05, 3.63) is 95.8 Å². The topological polar surface area (TPSA) is 56.5 Å². The molecule has 0 bridgehead atoms. The monoisotopic (exact) mass is 430 g/mol. The molecule has 0 amide bonds. The number of allylic oxidation sites excluding steroid dienone is 2. The summed E-state index contributed by atoms with van der Waals surface area (Å²) in [4.78, 5) is 2.42. The number of ether oxygens (including phenoxy) is 1. The Morgan fingerprint density at radius 2 is 1.62 bits per heavy atom. The van der Waals surface area contributed by atoms with Gasteiger partial charge in [0.2, 0.25) is 0 Å². The van der Waals surface area contributed by atoms with Crippen LogP contribution >= 0.6 is 0 Å². The molecule has 1 aliphatic rings. The fraction of sp³-hybridized carbons (Fsp3) is 0.393. The smallest absolute Gasteiger partial charge is 0.113 e. The highest BCUT2D eigenvalue weighted by Gasteiger charge is 2.41. The molecule has 2 aromatic rings. The first-order valence-corrected chi connectivity index (χ1v) is 11.3. The van der Waals surface area contributed by atoms with Gasteiger partial charge in [-0.1, -0.05) is 66.7 Å². The van der Waals surface area contributed by atoms with Crippen LogP contribution in [0.25, 0.3) is 0 Å². The molecule has 1 aliphatic heterocycles. The molecule has 4 nitrogen and oxygen atoms in total. The number of nitriles is 1. The van der Waals surface area contributed by atoms with Gasteiger partial charge in [0.05, 0.1) is 18.8 Å². The SMILES string of the molecule is C/C=C\C(O)=C/COC1CN(C(C)(C)CCC(C#N)(c2ccccc2)c2ccccc2)C1. The van der Waals surface area contributed by atoms with Gasteiger partial charge in [-0.2, -0.15) is 5.26 Å². The standard InChI is InChI=1S/C28H34N2O2/c1-4-11-25(31)16-19-32-26-20-30(21-26)27(2,3)17-18-28(22-29,23-12-7-5-8-13-23)24-14-9-6-10-15-24/h4-16,26,31H,17-21H2,1-3H3/b11-4-,25-16+. The maximum absolute atomic E-state index is 10.4. The molecule has 0 unspecified atom stereocenters. The Kier molecular flexibility index (Phi) is 7.90. The van der Waals surface area contributed by atoms with E-state index in [2.05, 4.69) is 49.1 Å². The summed E-state index contributed by atoms with van der Waals surface area (Å²) in [7, 11) is 0. The minimum Gasteiger partial charge on any atom is -0.508 e. The lowest BCUT2D eigenvalue weighted by Crippen LogP contribution is -2.61. The van der Waals surface area contributed by atoms with Crippen molar-refractivity contribution in [2.45, 2.75) is 50.7 Å². The normalized spacial score (nSPS) is 16.1. The van der Waals surface area contributed by atoms with Crippen LogP contribution in [0.2, 0.25) is 0 Å². The van der Waals surface area contributed by atoms with E-state index in [9.17, 15) is 10.4 Å². The van der Waals surface area contributed by atoms with Gasteiger partial charge in [-0.3, -0.25) is 4.90 Å². The molecule has 1 saturated heterocycles. The number of benzene rings is 2. The van der Waals surface area contributed by atoms with Gasteiger partial charge in [0.15, 0.2) is 0 Å². The largest absolute Gasteiger partial charge is 0.508 e. The van der Waals surface area contributed by atoms with Gasteiger partial charge in [0.25, 0.3) is 0 Å². The van der Waals surface area contributed by atoms with E-state index < -0.39 is 5.41 Å². The van der Waals surface area contributed by atoms with Crippen LogP contribution in [-0.4, -0.2) is 41.3 Å². The van der Waals surface area contributed by atoms with Crippen molar-refractivity contribution in [3.8, 4) is 6.07 Å². The van der Waals surface area contributed by atoms with Crippen molar-refractivity contribution >= 4 is 0 Å². The number of likely N-dealkylation sites (tertiary alicyclic amines) is 1. The fourth-order valence-electron chi connectivity index (χ4n) is 4.28. The summed E-state index contributed by atoms with van der Waals surface area (Å²) in [6.07, 6.45) is 6.94. The number of hydrogen-bond acceptors (Lipinski definition) is 4. The van der Waals surface area contributed by atoms with Crippen LogP contribution in [0.15, 0.2) is 84.7 Å². The third kappa shape index (κ3) is 5.48. The van der Waals surface area contributed by atoms with Crippen molar-refractivity contribution in [2.24, 2.45) is 0 Å². The zero-order valence-corrected chi connectivity index (χ0v) is 19.4. The van der Waals surface area contributed by atoms with Gasteiger partial charge < -0.3 is 9.84 Å². The highest BCUT2D eigenvalue weighted by Crippen LogP contribution is 2.39. The van der Waals surface area contributed by atoms with Crippen molar-refractivity contribution in [3.63, 3.8) is 0 Å². The maximum Gasteiger partial charge on any atom is 0.113 e. The van der Waals surface area contributed by atoms with Crippen LogP contribution in [0.4, 0.5) is 0 Å². The van der Waals surface area contributed by atoms with Crippen LogP contribution in [0, 0.1) is 11.3 Å². The molecule has 0 saturated carbocycles. The van der Waals surface area contributed by atoms with Crippen LogP contribution in [0.3, 0.4) is 0 Å². The Morgan fingerprint density at radius 1 is 1.06 bits per heavy atom. The Balaban J connectivity index is 1.65. The molecule has 0 radical (unpaired) electrons. The Hall–Kier alpha value is -2.87. The first kappa shape index (κ1) is 23.8. The molecule has 0 spiro atoms. The zero-order valence-electron chi connectivity index (χ0n) is 19.4. The predicted octanol–water partition coefficient (Wildman–Crippen LogP) is 5.77. The second-order valence-corrected chi connectivity index (χ2v) is 9.05. The van der Waals surface area contributed by atoms with E-state index in [0.717, 1.165) is 37.1 Å². The lowest BCUT2D eigenvalue weighted by molar-refractivity contribution is -0.0887. The van der Waals surface area contributed by atoms with Crippen LogP contribution in [0.1, 0.15) is 44.7 Å². The Labute approximate surface area is 192 Å². The van der Waals surface area contributed by atoms with Crippen molar-refractivity contribution in [2.75, 3.05) is 19.7 Å². The zero-order chi connectivity index (χ0) is 23.0. The second-order valence-electron chi connectivity index (χ2n) is 9.05. The summed E-state index contributed by atoms with van der Waals surface area (Å²) in [5.41, 5.74) is 1.37. The molecule has 1 heterocycles. The molecule has 0 aromatic heterocycles. The molecule has 3 rings (SSSR count). The van der Waals surface area contributed by atoms with Crippen molar-refractivity contribution in [1.82, 2.24) is 4.90 Å². The molecular weight excluding hydrogens is 396 g/mol. The third-order valence-corrected chi connectivity index (χ3v) is 6.50. The Morgan fingerprint density at radius 3 is 2.12 bits per heavy atom. The van der Waals surface area contributed by atoms with Crippen molar-refractivity contribution in [1.29, 1.82) is 5.26 Å². The van der Waals surface area contributed by atoms with E-state index >= 15 is 0 Å². The molecule has 32 heavy (non-hydrogen) atoms. The van der Waals surface area contributed by atoms with Gasteiger partial charge in [-0.25, -0.2) is 0 Å². The van der Waals surface area contributed by atoms with Crippen LogP contribution in [-0.2, 0) is 10.2 Å². The molecule has 0 atom stereocenters. The summed E-state index contributed by atoms with van der Waals surface area (Å²) >= 11 is 0. The minimum absolute atomic E-state index is 0.0472. The molecule has 2 aromatic carbocycles. The van der Waals surface area contributed by atoms with Crippen molar-refractivity contribution < 1.29 is 9.84 Å². The first-order valence-electron chi connectivity index (χ1n) is 11.3. The minimum atomic E-state index is -0.671. The van der Waals surface area contributed by atoms with Gasteiger partial charge in [0.1, 0.15) is 11.2 Å². The van der Waals surface area contributed by atoms with Gasteiger partial charge in [-0.05, 0) is 56.9 Å². The van der Waals surface area contributed by atoms with E-state index in [0.29, 0.717) is 6.61 Å². The molecule has 4 heteroatoms. The summed E-state index contributed by atoms with van der Waals surface area (Å²) in [6, 6.07) is 23.0. The second kappa shape index (κ2) is 10.6. The molecule has 1 N–H and O–H groups in total. The quantitative estimate of drug-likeness (QED) is 0.384. The average molecular weight is 431 g/mol. The number of aliphatic hydroxyl groups is 1. The summed E-state index contributed by atoms with van der Waals surface area (Å²) in [6.45, 7) is 8.50. The van der Waals surface area contributed by atoms with E-state index in [4.69, 9.17) is 4.74 Å². The lowest BCUT2D eigenvalue weighted by Gasteiger charge is -2.49. The van der Waals surface area contributed by atoms with E-state index in [-0.39, 0.29) is 17.4 Å². The fourth-order valence-corrected chi connectivity index (χ4v) is 4.28. The average Bonchev–Trinajstić information content (AvgIpc) is 2.77. The van der Waals surface area contributed by atoms with Crippen LogP contribution in [0.5, 0.6) is 0 Å². The van der Waals surface area contributed by atoms with E-state index in [1.807, 2.05) is 43.3 Å². The summed E-state index contributed by atoms with van der Waals surface area (Å²) in [5.74, 6) is 0.235. The van der Waals surface area contributed by atoms with Crippen LogP contribution < -0.4 is 0 Å². The van der Waals surface area contributed by atoms with Gasteiger partial charge >= 0.3 is 0 Å². The third-order valence-electron chi connectivity index (χ3n) is 6.50. The number of hydrogen-bond donors (Lipinski definition) is 1. The Bertz CT molecular complexity index is 912. The van der Waals surface area contributed by atoms with E-state index in [1.165, 1.54) is 0 Å². The first-order chi connectivity index (χ1) is 15.4. The molecule has 0 aliphatic carbocycles. The summed E-state index contributed by atoms with van der Waals surface area (Å²) in [5, 5.41) is 20.0. The molecule has 1 fully saturated rings. The predicted molar refractivity (Wildman–Crippen MR) is 129 cm³/mol. The van der Waals surface area contributed by atoms with Gasteiger partial charge in [0, 0.05) is 18.6 Å². The maximum atomic E-state index is 10.4. The lowest BCUT2D eigenvalue weighted by atomic mass is 9.70. The summed E-state index contributed by atoms with van der Waals surface area (Å²) < 4.78 is 5.86. The molecular formula is C28H34N2O2. The van der Waals surface area contributed by atoms with E-state index in [1.54, 1.807) is 18.2 Å². The molecule has 168 valence electrons. The number of rotatable bonds is 10.